The SMILES string of the molecule is COc1ccc(-c2oc3cc(O)cc(O)c3c(=O)c2Cl)cc1O. The third-order valence-corrected chi connectivity index (χ3v) is 3.69. The molecule has 0 saturated carbocycles. The largest absolute Gasteiger partial charge is 0.508 e. The summed E-state index contributed by atoms with van der Waals surface area (Å²) < 4.78 is 10.5. The average Bonchev–Trinajstić information content (AvgIpc) is 2.50. The standard InChI is InChI=1S/C16H11ClO6/c1-22-11-3-2-7(4-9(11)19)16-14(17)15(21)13-10(20)5-8(18)6-12(13)23-16/h2-6,18-20H,1H3. The molecule has 0 amide bonds. The minimum atomic E-state index is -0.643. The molecule has 3 rings (SSSR count). The molecule has 0 aliphatic carbocycles. The van der Waals surface area contributed by atoms with Crippen molar-refractivity contribution in [2.75, 3.05) is 7.11 Å². The van der Waals surface area contributed by atoms with Crippen molar-refractivity contribution in [3.8, 4) is 34.3 Å². The van der Waals surface area contributed by atoms with E-state index in [0.29, 0.717) is 5.56 Å². The molecule has 118 valence electrons. The summed E-state index contributed by atoms with van der Waals surface area (Å²) in [5.41, 5.74) is -0.326. The third-order valence-electron chi connectivity index (χ3n) is 3.34. The zero-order chi connectivity index (χ0) is 16.7. The van der Waals surface area contributed by atoms with Crippen LogP contribution in [0.3, 0.4) is 0 Å². The lowest BCUT2D eigenvalue weighted by Crippen LogP contribution is -2.04. The van der Waals surface area contributed by atoms with Crippen LogP contribution in [-0.2, 0) is 0 Å². The summed E-state index contributed by atoms with van der Waals surface area (Å²) in [5.74, 6) is -0.582. The van der Waals surface area contributed by atoms with Gasteiger partial charge in [-0.2, -0.15) is 0 Å². The second-order valence-corrected chi connectivity index (χ2v) is 5.18. The topological polar surface area (TPSA) is 100 Å². The van der Waals surface area contributed by atoms with E-state index in [0.717, 1.165) is 6.07 Å². The molecule has 7 heteroatoms. The number of rotatable bonds is 2. The highest BCUT2D eigenvalue weighted by molar-refractivity contribution is 6.33. The molecule has 0 bridgehead atoms. The number of phenolic OH excluding ortho intramolecular Hbond substituents is 3. The van der Waals surface area contributed by atoms with Crippen molar-refractivity contribution in [2.24, 2.45) is 0 Å². The molecule has 0 radical (unpaired) electrons. The van der Waals surface area contributed by atoms with Crippen LogP contribution in [0.2, 0.25) is 5.02 Å². The van der Waals surface area contributed by atoms with Gasteiger partial charge >= 0.3 is 0 Å². The molecule has 0 unspecified atom stereocenters. The Morgan fingerprint density at radius 3 is 2.48 bits per heavy atom. The van der Waals surface area contributed by atoms with E-state index in [1.54, 1.807) is 6.07 Å². The first kappa shape index (κ1) is 15.1. The normalized spacial score (nSPS) is 10.9. The van der Waals surface area contributed by atoms with Crippen LogP contribution in [0.25, 0.3) is 22.3 Å². The van der Waals surface area contributed by atoms with Gasteiger partial charge in [0.25, 0.3) is 0 Å². The summed E-state index contributed by atoms with van der Waals surface area (Å²) in [4.78, 5) is 12.3. The maximum atomic E-state index is 12.3. The summed E-state index contributed by atoms with van der Waals surface area (Å²) in [6.45, 7) is 0. The fourth-order valence-corrected chi connectivity index (χ4v) is 2.52. The van der Waals surface area contributed by atoms with Crippen molar-refractivity contribution < 1.29 is 24.5 Å². The van der Waals surface area contributed by atoms with E-state index in [4.69, 9.17) is 20.8 Å². The van der Waals surface area contributed by atoms with Crippen LogP contribution in [0.1, 0.15) is 0 Å². The summed E-state index contributed by atoms with van der Waals surface area (Å²) in [6, 6.07) is 6.59. The molecular formula is C16H11ClO6. The number of benzene rings is 2. The van der Waals surface area contributed by atoms with Gasteiger partial charge in [0.05, 0.1) is 7.11 Å². The molecule has 0 spiro atoms. The van der Waals surface area contributed by atoms with Crippen LogP contribution in [0.15, 0.2) is 39.5 Å². The van der Waals surface area contributed by atoms with Crippen LogP contribution in [0.5, 0.6) is 23.0 Å². The fraction of sp³-hybridized carbons (Fsp3) is 0.0625. The van der Waals surface area contributed by atoms with Crippen LogP contribution in [0, 0.1) is 0 Å². The fourth-order valence-electron chi connectivity index (χ4n) is 2.28. The first-order valence-corrected chi connectivity index (χ1v) is 6.86. The Balaban J connectivity index is 2.32. The molecule has 23 heavy (non-hydrogen) atoms. The minimum Gasteiger partial charge on any atom is -0.508 e. The number of hydrogen-bond acceptors (Lipinski definition) is 6. The lowest BCUT2D eigenvalue weighted by molar-refractivity contribution is 0.373. The van der Waals surface area contributed by atoms with Gasteiger partial charge in [-0.3, -0.25) is 4.79 Å². The Hall–Kier alpha value is -2.86. The van der Waals surface area contributed by atoms with Gasteiger partial charge in [0.2, 0.25) is 5.43 Å². The number of phenols is 3. The van der Waals surface area contributed by atoms with E-state index in [9.17, 15) is 20.1 Å². The zero-order valence-corrected chi connectivity index (χ0v) is 12.6. The first-order valence-electron chi connectivity index (χ1n) is 6.48. The van der Waals surface area contributed by atoms with Crippen molar-refractivity contribution in [2.45, 2.75) is 0 Å². The molecule has 2 aromatic carbocycles. The van der Waals surface area contributed by atoms with Crippen molar-refractivity contribution in [1.82, 2.24) is 0 Å². The average molecular weight is 335 g/mol. The number of ether oxygens (including phenoxy) is 1. The maximum Gasteiger partial charge on any atom is 0.215 e. The van der Waals surface area contributed by atoms with Gasteiger partial charge in [0.15, 0.2) is 17.3 Å². The Morgan fingerprint density at radius 1 is 1.09 bits per heavy atom. The monoisotopic (exact) mass is 334 g/mol. The molecule has 0 aliphatic rings. The second kappa shape index (κ2) is 5.40. The molecule has 3 aromatic rings. The molecule has 6 nitrogen and oxygen atoms in total. The van der Waals surface area contributed by atoms with Gasteiger partial charge in [-0.15, -0.1) is 0 Å². The Bertz CT molecular complexity index is 976. The van der Waals surface area contributed by atoms with Crippen LogP contribution >= 0.6 is 11.6 Å². The van der Waals surface area contributed by atoms with Crippen LogP contribution < -0.4 is 10.2 Å². The summed E-state index contributed by atoms with van der Waals surface area (Å²) in [5, 5.41) is 28.8. The molecular weight excluding hydrogens is 324 g/mol. The van der Waals surface area contributed by atoms with Crippen LogP contribution in [-0.4, -0.2) is 22.4 Å². The maximum absolute atomic E-state index is 12.3. The lowest BCUT2D eigenvalue weighted by Gasteiger charge is -2.09. The Morgan fingerprint density at radius 2 is 1.83 bits per heavy atom. The molecule has 1 aromatic heterocycles. The number of hydrogen-bond donors (Lipinski definition) is 3. The molecule has 0 saturated heterocycles. The Kier molecular flexibility index (Phi) is 3.54. The van der Waals surface area contributed by atoms with Crippen molar-refractivity contribution >= 4 is 22.6 Å². The van der Waals surface area contributed by atoms with E-state index in [1.165, 1.54) is 25.3 Å². The molecule has 0 fully saturated rings. The van der Waals surface area contributed by atoms with E-state index >= 15 is 0 Å². The number of fused-ring (bicyclic) bond motifs is 1. The van der Waals surface area contributed by atoms with Gasteiger partial charge in [-0.1, -0.05) is 11.6 Å². The smallest absolute Gasteiger partial charge is 0.215 e. The lowest BCUT2D eigenvalue weighted by atomic mass is 10.1. The highest BCUT2D eigenvalue weighted by Gasteiger charge is 2.18. The molecule has 0 aliphatic heterocycles. The molecule has 3 N–H and O–H groups in total. The number of halogens is 1. The van der Waals surface area contributed by atoms with E-state index in [2.05, 4.69) is 0 Å². The summed E-state index contributed by atoms with van der Waals surface area (Å²) in [6.07, 6.45) is 0. The quantitative estimate of drug-likeness (QED) is 0.665. The molecule has 0 atom stereocenters. The van der Waals surface area contributed by atoms with Gasteiger partial charge in [0.1, 0.15) is 27.5 Å². The van der Waals surface area contributed by atoms with Gasteiger partial charge in [-0.25, -0.2) is 0 Å². The van der Waals surface area contributed by atoms with Gasteiger partial charge < -0.3 is 24.5 Å². The first-order chi connectivity index (χ1) is 10.9. The van der Waals surface area contributed by atoms with Crippen molar-refractivity contribution in [1.29, 1.82) is 0 Å². The highest BCUT2D eigenvalue weighted by Crippen LogP contribution is 2.37. The summed E-state index contributed by atoms with van der Waals surface area (Å²) >= 11 is 6.05. The van der Waals surface area contributed by atoms with E-state index < -0.39 is 11.2 Å². The van der Waals surface area contributed by atoms with Crippen molar-refractivity contribution in [3.63, 3.8) is 0 Å². The van der Waals surface area contributed by atoms with Crippen LogP contribution in [0.4, 0.5) is 0 Å². The minimum absolute atomic E-state index is 0.00659. The summed E-state index contributed by atoms with van der Waals surface area (Å²) in [7, 11) is 1.41. The third kappa shape index (κ3) is 2.43. The second-order valence-electron chi connectivity index (χ2n) is 4.80. The molecule has 1 heterocycles. The number of aromatic hydroxyl groups is 3. The zero-order valence-electron chi connectivity index (χ0n) is 11.8. The van der Waals surface area contributed by atoms with E-state index in [-0.39, 0.29) is 39.0 Å². The van der Waals surface area contributed by atoms with Crippen molar-refractivity contribution in [3.05, 3.63) is 45.6 Å². The number of methoxy groups -OCH3 is 1. The van der Waals surface area contributed by atoms with Gasteiger partial charge in [0, 0.05) is 17.7 Å². The Labute approximate surface area is 134 Å². The predicted molar refractivity (Wildman–Crippen MR) is 84.5 cm³/mol. The predicted octanol–water partition coefficient (Wildman–Crippen LogP) is 3.24. The van der Waals surface area contributed by atoms with E-state index in [1.807, 2.05) is 0 Å². The van der Waals surface area contributed by atoms with Gasteiger partial charge in [-0.05, 0) is 18.2 Å². The highest BCUT2D eigenvalue weighted by atomic mass is 35.5.